The molecule has 3 N–H and O–H groups in total. The zero-order chi connectivity index (χ0) is 21.5. The first kappa shape index (κ1) is 21.7. The minimum atomic E-state index is -0.627. The normalized spacial score (nSPS) is 17.1. The molecule has 0 aliphatic carbocycles. The maximum absolute atomic E-state index is 13.5. The molecule has 1 saturated heterocycles. The van der Waals surface area contributed by atoms with E-state index >= 15 is 0 Å². The molecular weight excluding hydrogens is 387 g/mol. The summed E-state index contributed by atoms with van der Waals surface area (Å²) in [5.74, 6) is 1.26. The number of nitrogens with zero attached hydrogens (tertiary/aromatic N) is 2. The van der Waals surface area contributed by atoms with Crippen molar-refractivity contribution in [3.63, 3.8) is 0 Å². The Bertz CT molecular complexity index is 868. The molecule has 1 fully saturated rings. The maximum Gasteiger partial charge on any atom is 0.191 e. The second-order valence-electron chi connectivity index (χ2n) is 7.30. The summed E-state index contributed by atoms with van der Waals surface area (Å²) in [6, 6.07) is 10.5. The average molecular weight is 416 g/mol. The summed E-state index contributed by atoms with van der Waals surface area (Å²) in [5, 5.41) is 15.9. The van der Waals surface area contributed by atoms with Gasteiger partial charge in [0, 0.05) is 45.3 Å². The van der Waals surface area contributed by atoms with Gasteiger partial charge in [0.15, 0.2) is 17.5 Å². The number of rotatable bonds is 7. The Balaban J connectivity index is 1.51. The molecule has 0 radical (unpaired) electrons. The van der Waals surface area contributed by atoms with Crippen LogP contribution >= 0.6 is 0 Å². The largest absolute Gasteiger partial charge is 0.505 e. The van der Waals surface area contributed by atoms with Crippen molar-refractivity contribution in [3.8, 4) is 17.2 Å². The predicted molar refractivity (Wildman–Crippen MR) is 115 cm³/mol. The molecule has 1 heterocycles. The number of phenolic OH excluding ortho intramolecular Hbond substituents is 1. The predicted octanol–water partition coefficient (Wildman–Crippen LogP) is 2.49. The van der Waals surface area contributed by atoms with Crippen LogP contribution in [0.4, 0.5) is 4.39 Å². The van der Waals surface area contributed by atoms with Gasteiger partial charge in [0.2, 0.25) is 0 Å². The molecular formula is C22H29FN4O3. The molecule has 0 amide bonds. The van der Waals surface area contributed by atoms with E-state index in [2.05, 4.69) is 20.5 Å². The summed E-state index contributed by atoms with van der Waals surface area (Å²) >= 11 is 0. The highest BCUT2D eigenvalue weighted by Gasteiger charge is 2.23. The van der Waals surface area contributed by atoms with E-state index in [4.69, 9.17) is 9.47 Å². The van der Waals surface area contributed by atoms with Gasteiger partial charge in [0.1, 0.15) is 11.5 Å². The zero-order valence-electron chi connectivity index (χ0n) is 17.6. The molecule has 2 aromatic carbocycles. The number of ether oxygens (including phenoxy) is 2. The minimum absolute atomic E-state index is 0.264. The highest BCUT2D eigenvalue weighted by atomic mass is 19.1. The van der Waals surface area contributed by atoms with Crippen LogP contribution in [0, 0.1) is 5.82 Å². The fourth-order valence-electron chi connectivity index (χ4n) is 3.54. The summed E-state index contributed by atoms with van der Waals surface area (Å²) < 4.78 is 24.2. The van der Waals surface area contributed by atoms with E-state index in [0.717, 1.165) is 48.7 Å². The summed E-state index contributed by atoms with van der Waals surface area (Å²) in [6.07, 6.45) is 0.996. The molecule has 2 aromatic rings. The Hall–Kier alpha value is -3.00. The lowest BCUT2D eigenvalue weighted by Crippen LogP contribution is -2.44. The quantitative estimate of drug-likeness (QED) is 0.476. The number of benzene rings is 2. The molecule has 30 heavy (non-hydrogen) atoms. The van der Waals surface area contributed by atoms with Crippen molar-refractivity contribution in [1.29, 1.82) is 0 Å². The number of aliphatic imine (C=N–C) groups is 1. The fourth-order valence-corrected chi connectivity index (χ4v) is 3.54. The molecule has 0 spiro atoms. The van der Waals surface area contributed by atoms with Crippen molar-refractivity contribution in [2.45, 2.75) is 25.6 Å². The Morgan fingerprint density at radius 2 is 1.90 bits per heavy atom. The standard InChI is InChI=1S/C22H29FN4O3/c1-24-22(25-12-15-4-5-21(28)20(23)10-15)26-17-6-7-27(14-17)13-16-8-18(29-2)11-19(9-16)30-3/h4-5,8-11,17,28H,6-7,12-14H2,1-3H3,(H2,24,25,26). The van der Waals surface area contributed by atoms with E-state index in [1.54, 1.807) is 27.3 Å². The van der Waals surface area contributed by atoms with Gasteiger partial charge in [-0.05, 0) is 41.8 Å². The Morgan fingerprint density at radius 1 is 1.17 bits per heavy atom. The molecule has 1 atom stereocenters. The van der Waals surface area contributed by atoms with Crippen molar-refractivity contribution in [2.75, 3.05) is 34.4 Å². The van der Waals surface area contributed by atoms with Gasteiger partial charge in [-0.2, -0.15) is 0 Å². The van der Waals surface area contributed by atoms with E-state index in [1.165, 1.54) is 12.1 Å². The summed E-state index contributed by atoms with van der Waals surface area (Å²) in [5.41, 5.74) is 1.87. The van der Waals surface area contributed by atoms with Crippen molar-refractivity contribution < 1.29 is 19.0 Å². The summed E-state index contributed by atoms with van der Waals surface area (Å²) in [7, 11) is 5.01. The molecule has 7 nitrogen and oxygen atoms in total. The van der Waals surface area contributed by atoms with E-state index in [9.17, 15) is 9.50 Å². The highest BCUT2D eigenvalue weighted by molar-refractivity contribution is 5.80. The van der Waals surface area contributed by atoms with Crippen LogP contribution < -0.4 is 20.1 Å². The first-order valence-electron chi connectivity index (χ1n) is 9.89. The van der Waals surface area contributed by atoms with Crippen LogP contribution in [0.15, 0.2) is 41.4 Å². The first-order chi connectivity index (χ1) is 14.5. The third kappa shape index (κ3) is 5.76. The Morgan fingerprint density at radius 3 is 2.53 bits per heavy atom. The lowest BCUT2D eigenvalue weighted by Gasteiger charge is -2.19. The minimum Gasteiger partial charge on any atom is -0.505 e. The third-order valence-electron chi connectivity index (χ3n) is 5.13. The number of nitrogens with one attached hydrogen (secondary N) is 2. The van der Waals surface area contributed by atoms with Gasteiger partial charge in [-0.3, -0.25) is 9.89 Å². The number of hydrogen-bond acceptors (Lipinski definition) is 5. The molecule has 1 unspecified atom stereocenters. The van der Waals surface area contributed by atoms with E-state index in [-0.39, 0.29) is 11.8 Å². The van der Waals surface area contributed by atoms with Crippen molar-refractivity contribution in [2.24, 2.45) is 4.99 Å². The van der Waals surface area contributed by atoms with Crippen molar-refractivity contribution >= 4 is 5.96 Å². The van der Waals surface area contributed by atoms with Crippen LogP contribution in [0.1, 0.15) is 17.5 Å². The Labute approximate surface area is 176 Å². The molecule has 0 bridgehead atoms. The Kier molecular flexibility index (Phi) is 7.35. The molecule has 8 heteroatoms. The van der Waals surface area contributed by atoms with Gasteiger partial charge in [-0.1, -0.05) is 6.07 Å². The number of halogens is 1. The van der Waals surface area contributed by atoms with Crippen LogP contribution in [0.25, 0.3) is 0 Å². The number of hydrogen-bond donors (Lipinski definition) is 3. The summed E-state index contributed by atoms with van der Waals surface area (Å²) in [4.78, 5) is 6.63. The number of phenols is 1. The molecule has 1 aliphatic rings. The molecule has 3 rings (SSSR count). The molecule has 0 saturated carbocycles. The first-order valence-corrected chi connectivity index (χ1v) is 9.89. The van der Waals surface area contributed by atoms with Gasteiger partial charge in [-0.25, -0.2) is 4.39 Å². The van der Waals surface area contributed by atoms with Crippen LogP contribution in [0.3, 0.4) is 0 Å². The molecule has 0 aromatic heterocycles. The molecule has 162 valence electrons. The van der Waals surface area contributed by atoms with Crippen LogP contribution in [-0.2, 0) is 13.1 Å². The van der Waals surface area contributed by atoms with Gasteiger partial charge in [0.05, 0.1) is 14.2 Å². The lowest BCUT2D eigenvalue weighted by molar-refractivity contribution is 0.321. The second-order valence-corrected chi connectivity index (χ2v) is 7.30. The highest BCUT2D eigenvalue weighted by Crippen LogP contribution is 2.24. The zero-order valence-corrected chi connectivity index (χ0v) is 17.6. The van der Waals surface area contributed by atoms with E-state index in [0.29, 0.717) is 12.5 Å². The number of aromatic hydroxyl groups is 1. The maximum atomic E-state index is 13.5. The van der Waals surface area contributed by atoms with Crippen LogP contribution in [0.5, 0.6) is 17.2 Å². The lowest BCUT2D eigenvalue weighted by atomic mass is 10.2. The smallest absolute Gasteiger partial charge is 0.191 e. The molecule has 1 aliphatic heterocycles. The van der Waals surface area contributed by atoms with E-state index < -0.39 is 5.82 Å². The second kappa shape index (κ2) is 10.2. The number of guanidine groups is 1. The van der Waals surface area contributed by atoms with E-state index in [1.807, 2.05) is 18.2 Å². The van der Waals surface area contributed by atoms with Crippen molar-refractivity contribution in [1.82, 2.24) is 15.5 Å². The fraction of sp³-hybridized carbons (Fsp3) is 0.409. The third-order valence-corrected chi connectivity index (χ3v) is 5.13. The topological polar surface area (TPSA) is 78.4 Å². The monoisotopic (exact) mass is 416 g/mol. The van der Waals surface area contributed by atoms with Crippen LogP contribution in [-0.4, -0.2) is 56.4 Å². The number of methoxy groups -OCH3 is 2. The van der Waals surface area contributed by atoms with Crippen LogP contribution in [0.2, 0.25) is 0 Å². The average Bonchev–Trinajstić information content (AvgIpc) is 3.19. The van der Waals surface area contributed by atoms with Gasteiger partial charge in [-0.15, -0.1) is 0 Å². The van der Waals surface area contributed by atoms with Gasteiger partial charge in [0.25, 0.3) is 0 Å². The number of likely N-dealkylation sites (tertiary alicyclic amines) is 1. The van der Waals surface area contributed by atoms with Crippen molar-refractivity contribution in [3.05, 3.63) is 53.3 Å². The van der Waals surface area contributed by atoms with Gasteiger partial charge < -0.3 is 25.2 Å². The SMILES string of the molecule is CN=C(NCc1ccc(O)c(F)c1)NC1CCN(Cc2cc(OC)cc(OC)c2)C1. The van der Waals surface area contributed by atoms with Gasteiger partial charge >= 0.3 is 0 Å². The summed E-state index contributed by atoms with van der Waals surface area (Å²) in [6.45, 7) is 3.08.